The maximum Gasteiger partial charge on any atom is 0.410 e. The van der Waals surface area contributed by atoms with Crippen LogP contribution in [0.2, 0.25) is 0 Å². The lowest BCUT2D eigenvalue weighted by atomic mass is 9.97. The van der Waals surface area contributed by atoms with Gasteiger partial charge in [-0.1, -0.05) is 42.5 Å². The fourth-order valence-electron chi connectivity index (χ4n) is 4.67. The molecule has 8 heteroatoms. The van der Waals surface area contributed by atoms with E-state index in [1.54, 1.807) is 23.1 Å². The summed E-state index contributed by atoms with van der Waals surface area (Å²) in [7, 11) is 0. The predicted molar refractivity (Wildman–Crippen MR) is 117 cm³/mol. The van der Waals surface area contributed by atoms with Crippen LogP contribution in [-0.2, 0) is 22.6 Å². The van der Waals surface area contributed by atoms with E-state index >= 15 is 0 Å². The Morgan fingerprint density at radius 3 is 2.81 bits per heavy atom. The van der Waals surface area contributed by atoms with E-state index in [1.807, 2.05) is 36.4 Å². The van der Waals surface area contributed by atoms with Crippen LogP contribution in [0.3, 0.4) is 0 Å². The second-order valence-electron chi connectivity index (χ2n) is 8.44. The van der Waals surface area contributed by atoms with Crippen molar-refractivity contribution in [1.82, 2.24) is 14.5 Å². The first-order chi connectivity index (χ1) is 15.5. The Balaban J connectivity index is 1.30. The highest BCUT2D eigenvalue weighted by Crippen LogP contribution is 2.38. The van der Waals surface area contributed by atoms with Crippen LogP contribution in [0.5, 0.6) is 0 Å². The number of fused-ring (bicyclic) bond motifs is 2. The van der Waals surface area contributed by atoms with Crippen molar-refractivity contribution in [3.05, 3.63) is 76.8 Å². The van der Waals surface area contributed by atoms with Crippen LogP contribution >= 0.6 is 0 Å². The average Bonchev–Trinajstić information content (AvgIpc) is 3.16. The Hall–Kier alpha value is -3.23. The molecule has 32 heavy (non-hydrogen) atoms. The van der Waals surface area contributed by atoms with E-state index < -0.39 is 11.9 Å². The van der Waals surface area contributed by atoms with E-state index in [0.29, 0.717) is 17.4 Å². The molecule has 3 atom stereocenters. The lowest BCUT2D eigenvalue weighted by Gasteiger charge is -2.35. The Kier molecular flexibility index (Phi) is 5.40. The molecule has 2 aliphatic rings. The van der Waals surface area contributed by atoms with Crippen LogP contribution in [0.4, 0.5) is 4.79 Å². The third-order valence-electron chi connectivity index (χ3n) is 6.20. The van der Waals surface area contributed by atoms with E-state index in [2.05, 4.69) is 4.98 Å². The fraction of sp³-hybridized carbons (Fsp3) is 0.375. The molecule has 1 unspecified atom stereocenters. The first-order valence-corrected chi connectivity index (χ1v) is 10.8. The smallest absolute Gasteiger partial charge is 0.410 e. The van der Waals surface area contributed by atoms with Crippen LogP contribution < -0.4 is 5.56 Å². The van der Waals surface area contributed by atoms with Crippen LogP contribution in [0.25, 0.3) is 10.9 Å². The molecule has 0 radical (unpaired) electrons. The highest BCUT2D eigenvalue weighted by molar-refractivity contribution is 5.76. The molecule has 0 saturated carbocycles. The Morgan fingerprint density at radius 1 is 1.19 bits per heavy atom. The van der Waals surface area contributed by atoms with Gasteiger partial charge in [-0.3, -0.25) is 9.36 Å². The molecule has 0 bridgehead atoms. The monoisotopic (exact) mass is 435 g/mol. The molecule has 2 fully saturated rings. The third-order valence-corrected chi connectivity index (χ3v) is 6.20. The molecule has 0 spiro atoms. The number of para-hydroxylation sites is 1. The summed E-state index contributed by atoms with van der Waals surface area (Å²) in [5.74, 6) is -1.56. The Morgan fingerprint density at radius 2 is 1.97 bits per heavy atom. The molecule has 1 amide bonds. The van der Waals surface area contributed by atoms with E-state index in [0.717, 1.165) is 18.4 Å². The van der Waals surface area contributed by atoms with Crippen molar-refractivity contribution in [2.24, 2.45) is 0 Å². The first kappa shape index (κ1) is 20.7. The van der Waals surface area contributed by atoms with E-state index in [1.165, 1.54) is 10.9 Å². The van der Waals surface area contributed by atoms with Crippen molar-refractivity contribution in [1.29, 1.82) is 0 Å². The average molecular weight is 435 g/mol. The number of aliphatic hydroxyl groups is 1. The summed E-state index contributed by atoms with van der Waals surface area (Å²) in [6.45, 7) is 0.687. The lowest BCUT2D eigenvalue weighted by molar-refractivity contribution is -0.202. The van der Waals surface area contributed by atoms with Crippen molar-refractivity contribution in [2.75, 3.05) is 6.54 Å². The number of carbonyl (C=O) groups excluding carboxylic acids is 1. The predicted octanol–water partition coefficient (Wildman–Crippen LogP) is 2.68. The van der Waals surface area contributed by atoms with Gasteiger partial charge in [0.25, 0.3) is 5.56 Å². The summed E-state index contributed by atoms with van der Waals surface area (Å²) >= 11 is 0. The van der Waals surface area contributed by atoms with Crippen molar-refractivity contribution in [3.63, 3.8) is 0 Å². The van der Waals surface area contributed by atoms with Gasteiger partial charge in [-0.05, 0) is 30.5 Å². The van der Waals surface area contributed by atoms with Crippen LogP contribution in [0.1, 0.15) is 24.8 Å². The van der Waals surface area contributed by atoms with E-state index in [-0.39, 0.29) is 37.3 Å². The van der Waals surface area contributed by atoms with Crippen molar-refractivity contribution in [3.8, 4) is 0 Å². The zero-order valence-corrected chi connectivity index (χ0v) is 17.6. The summed E-state index contributed by atoms with van der Waals surface area (Å²) in [5.41, 5.74) is 1.28. The number of likely N-dealkylation sites (tertiary alicyclic amines) is 1. The number of rotatable bonds is 4. The summed E-state index contributed by atoms with van der Waals surface area (Å²) in [5, 5.41) is 11.7. The minimum atomic E-state index is -1.56. The van der Waals surface area contributed by atoms with Crippen LogP contribution in [0, 0.1) is 0 Å². The lowest BCUT2D eigenvalue weighted by Crippen LogP contribution is -2.49. The van der Waals surface area contributed by atoms with Gasteiger partial charge in [0, 0.05) is 13.0 Å². The number of carbonyl (C=O) groups is 1. The molecular formula is C24H25N3O5. The summed E-state index contributed by atoms with van der Waals surface area (Å²) in [4.78, 5) is 31.6. The quantitative estimate of drug-likeness (QED) is 0.677. The maximum absolute atomic E-state index is 12.8. The van der Waals surface area contributed by atoms with Gasteiger partial charge in [0.05, 0.1) is 35.9 Å². The first-order valence-electron chi connectivity index (χ1n) is 10.8. The second-order valence-corrected chi connectivity index (χ2v) is 8.44. The number of aromatic nitrogens is 2. The zero-order valence-electron chi connectivity index (χ0n) is 17.6. The topological polar surface area (TPSA) is 93.9 Å². The molecule has 2 aliphatic heterocycles. The number of nitrogens with zero attached hydrogens (tertiary/aromatic N) is 3. The SMILES string of the molecule is O=C(OCc1ccccc1)N1CCC[C@H]2OC(O)(Cn3cnc4ccccc4c3=O)C[C@H]21. The van der Waals surface area contributed by atoms with Crippen LogP contribution in [0.15, 0.2) is 65.7 Å². The number of ether oxygens (including phenoxy) is 2. The third kappa shape index (κ3) is 3.99. The normalized spacial score (nSPS) is 25.0. The van der Waals surface area contributed by atoms with Gasteiger partial charge in [0.2, 0.25) is 0 Å². The minimum Gasteiger partial charge on any atom is -0.445 e. The molecule has 8 nitrogen and oxygen atoms in total. The van der Waals surface area contributed by atoms with Gasteiger partial charge < -0.3 is 19.5 Å². The van der Waals surface area contributed by atoms with Gasteiger partial charge in [0.1, 0.15) is 6.61 Å². The highest BCUT2D eigenvalue weighted by Gasteiger charge is 2.50. The highest BCUT2D eigenvalue weighted by atomic mass is 16.6. The zero-order chi connectivity index (χ0) is 22.1. The second kappa shape index (κ2) is 8.37. The van der Waals surface area contributed by atoms with Gasteiger partial charge in [0.15, 0.2) is 5.79 Å². The molecule has 2 saturated heterocycles. The molecule has 1 aromatic heterocycles. The fourth-order valence-corrected chi connectivity index (χ4v) is 4.67. The number of amides is 1. The summed E-state index contributed by atoms with van der Waals surface area (Å²) in [6, 6.07) is 16.3. The molecule has 3 aromatic rings. The Labute approximate surface area is 185 Å². The summed E-state index contributed by atoms with van der Waals surface area (Å²) in [6.07, 6.45) is 2.41. The molecular weight excluding hydrogens is 410 g/mol. The largest absolute Gasteiger partial charge is 0.445 e. The minimum absolute atomic E-state index is 0.0520. The van der Waals surface area contributed by atoms with Crippen molar-refractivity contribution >= 4 is 17.0 Å². The molecule has 2 aromatic carbocycles. The molecule has 5 rings (SSSR count). The maximum atomic E-state index is 12.8. The molecule has 3 heterocycles. The van der Waals surface area contributed by atoms with E-state index in [4.69, 9.17) is 9.47 Å². The van der Waals surface area contributed by atoms with E-state index in [9.17, 15) is 14.7 Å². The summed E-state index contributed by atoms with van der Waals surface area (Å²) < 4.78 is 12.9. The van der Waals surface area contributed by atoms with Crippen LogP contribution in [-0.4, -0.2) is 50.1 Å². The number of hydrogen-bond donors (Lipinski definition) is 1. The molecule has 0 aliphatic carbocycles. The van der Waals surface area contributed by atoms with Crippen molar-refractivity contribution in [2.45, 2.75) is 50.3 Å². The Bertz CT molecular complexity index is 1180. The number of benzene rings is 2. The van der Waals surface area contributed by atoms with Crippen molar-refractivity contribution < 1.29 is 19.4 Å². The molecule has 166 valence electrons. The van der Waals surface area contributed by atoms with Gasteiger partial charge in [-0.15, -0.1) is 0 Å². The van der Waals surface area contributed by atoms with Gasteiger partial charge in [-0.25, -0.2) is 9.78 Å². The number of hydrogen-bond acceptors (Lipinski definition) is 6. The van der Waals surface area contributed by atoms with Gasteiger partial charge in [-0.2, -0.15) is 0 Å². The number of piperidine rings is 1. The molecule has 1 N–H and O–H groups in total. The van der Waals surface area contributed by atoms with Gasteiger partial charge >= 0.3 is 6.09 Å². The standard InChI is InChI=1S/C24H25N3O5/c28-22-18-9-4-5-10-19(18)25-16-26(22)15-24(30)13-20-21(32-24)11-6-12-27(20)23(29)31-14-17-7-2-1-3-8-17/h1-5,7-10,16,20-21,30H,6,11-15H2/t20-,21-,24?/m1/s1.